The number of hydrogen-bond donors (Lipinski definition) is 2. The molecular weight excluding hydrogens is 484 g/mol. The normalized spacial score (nSPS) is 11.2. The van der Waals surface area contributed by atoms with Crippen LogP contribution in [0.25, 0.3) is 6.08 Å². The van der Waals surface area contributed by atoms with Gasteiger partial charge in [-0.3, -0.25) is 9.59 Å². The van der Waals surface area contributed by atoms with Crippen LogP contribution in [0.15, 0.2) is 53.0 Å². The minimum absolute atomic E-state index is 0.0383. The van der Waals surface area contributed by atoms with Crippen LogP contribution in [0, 0.1) is 0 Å². The van der Waals surface area contributed by atoms with Crippen LogP contribution in [0.1, 0.15) is 29.8 Å². The molecule has 6 nitrogen and oxygen atoms in total. The molecule has 2 aromatic carbocycles. The average Bonchev–Trinajstić information content (AvgIpc) is 2.77. The predicted octanol–water partition coefficient (Wildman–Crippen LogP) is 4.77. The number of carbonyl (C=O) groups is 2. The number of likely N-dealkylation sites (N-methyl/N-ethyl adjacent to an activating group) is 1. The molecule has 0 radical (unpaired) electrons. The van der Waals surface area contributed by atoms with E-state index in [0.29, 0.717) is 27.8 Å². The lowest BCUT2D eigenvalue weighted by molar-refractivity contribution is -0.111. The van der Waals surface area contributed by atoms with E-state index in [1.165, 1.54) is 18.2 Å². The van der Waals surface area contributed by atoms with Gasteiger partial charge in [0.05, 0.1) is 0 Å². The third kappa shape index (κ3) is 8.39. The Bertz CT molecular complexity index is 933. The van der Waals surface area contributed by atoms with E-state index in [9.17, 15) is 18.4 Å². The Kier molecular flexibility index (Phi) is 10.3. The molecule has 2 rings (SSSR count). The van der Waals surface area contributed by atoms with E-state index in [1.54, 1.807) is 36.4 Å². The summed E-state index contributed by atoms with van der Waals surface area (Å²) in [4.78, 5) is 26.6. The van der Waals surface area contributed by atoms with Crippen LogP contribution in [-0.4, -0.2) is 49.5 Å². The van der Waals surface area contributed by atoms with Crippen LogP contribution < -0.4 is 15.4 Å². The molecule has 0 aliphatic carbocycles. The molecule has 0 atom stereocenters. The van der Waals surface area contributed by atoms with Crippen LogP contribution in [0.4, 0.5) is 14.5 Å². The maximum Gasteiger partial charge on any atom is 0.387 e. The van der Waals surface area contributed by atoms with Crippen molar-refractivity contribution in [3.05, 3.63) is 64.1 Å². The van der Waals surface area contributed by atoms with E-state index in [0.717, 1.165) is 19.6 Å². The molecule has 0 bridgehead atoms. The molecule has 2 amide bonds. The summed E-state index contributed by atoms with van der Waals surface area (Å²) in [7, 11) is 0. The second kappa shape index (κ2) is 12.9. The number of anilines is 1. The zero-order chi connectivity index (χ0) is 23.5. The Morgan fingerprint density at radius 2 is 1.81 bits per heavy atom. The van der Waals surface area contributed by atoms with Gasteiger partial charge in [-0.2, -0.15) is 8.78 Å². The number of rotatable bonds is 11. The number of benzene rings is 2. The molecule has 2 aromatic rings. The van der Waals surface area contributed by atoms with E-state index in [2.05, 4.69) is 50.0 Å². The minimum atomic E-state index is -2.97. The first-order valence-electron chi connectivity index (χ1n) is 10.2. The SMILES string of the molecule is CCN(CC)CCNC(=O)c1ccc(NC(=O)/C=C/c2cc(Br)ccc2OC(F)F)cc1. The Balaban J connectivity index is 1.93. The van der Waals surface area contributed by atoms with Gasteiger partial charge < -0.3 is 20.3 Å². The van der Waals surface area contributed by atoms with Crippen molar-refractivity contribution in [3.63, 3.8) is 0 Å². The van der Waals surface area contributed by atoms with Crippen molar-refractivity contribution >= 4 is 39.5 Å². The van der Waals surface area contributed by atoms with Gasteiger partial charge in [-0.25, -0.2) is 0 Å². The van der Waals surface area contributed by atoms with Crippen LogP contribution in [0.3, 0.4) is 0 Å². The molecule has 0 saturated carbocycles. The van der Waals surface area contributed by atoms with Gasteiger partial charge >= 0.3 is 6.61 Å². The van der Waals surface area contributed by atoms with E-state index in [4.69, 9.17) is 0 Å². The number of nitrogens with one attached hydrogen (secondary N) is 2. The molecule has 9 heteroatoms. The lowest BCUT2D eigenvalue weighted by atomic mass is 10.1. The van der Waals surface area contributed by atoms with Crippen LogP contribution >= 0.6 is 15.9 Å². The van der Waals surface area contributed by atoms with Gasteiger partial charge in [-0.1, -0.05) is 29.8 Å². The van der Waals surface area contributed by atoms with E-state index < -0.39 is 12.5 Å². The first-order valence-corrected chi connectivity index (χ1v) is 11.0. The van der Waals surface area contributed by atoms with Gasteiger partial charge in [-0.15, -0.1) is 0 Å². The van der Waals surface area contributed by atoms with Crippen molar-refractivity contribution in [1.29, 1.82) is 0 Å². The standard InChI is InChI=1S/C23H26BrF2N3O3/c1-3-29(4-2)14-13-27-22(31)16-5-9-19(10-6-16)28-21(30)12-7-17-15-18(24)8-11-20(17)32-23(25)26/h5-12,15,23H,3-4,13-14H2,1-2H3,(H,27,31)(H,28,30)/b12-7+. The molecule has 172 valence electrons. The molecular formula is C23H26BrF2N3O3. The van der Waals surface area contributed by atoms with Crippen LogP contribution in [-0.2, 0) is 4.79 Å². The second-order valence-corrected chi connectivity index (χ2v) is 7.66. The zero-order valence-electron chi connectivity index (χ0n) is 17.9. The van der Waals surface area contributed by atoms with Crippen molar-refractivity contribution in [2.45, 2.75) is 20.5 Å². The first kappa shape index (κ1) is 25.5. The number of hydrogen-bond acceptors (Lipinski definition) is 4. The molecule has 0 aliphatic rings. The fourth-order valence-corrected chi connectivity index (χ4v) is 3.26. The third-order valence-electron chi connectivity index (χ3n) is 4.62. The van der Waals surface area contributed by atoms with Crippen molar-refractivity contribution in [1.82, 2.24) is 10.2 Å². The first-order chi connectivity index (χ1) is 15.3. The number of halogens is 3. The number of nitrogens with zero attached hydrogens (tertiary/aromatic N) is 1. The van der Waals surface area contributed by atoms with Gasteiger partial charge in [0, 0.05) is 40.5 Å². The molecule has 0 fully saturated rings. The number of alkyl halides is 2. The van der Waals surface area contributed by atoms with Gasteiger partial charge in [0.15, 0.2) is 0 Å². The van der Waals surface area contributed by atoms with Crippen molar-refractivity contribution in [2.75, 3.05) is 31.5 Å². The molecule has 0 aliphatic heterocycles. The Labute approximate surface area is 194 Å². The summed E-state index contributed by atoms with van der Waals surface area (Å²) in [6, 6.07) is 11.0. The fraction of sp³-hybridized carbons (Fsp3) is 0.304. The van der Waals surface area contributed by atoms with Crippen molar-refractivity contribution in [3.8, 4) is 5.75 Å². The van der Waals surface area contributed by atoms with Crippen molar-refractivity contribution in [2.24, 2.45) is 0 Å². The Morgan fingerprint density at radius 1 is 1.12 bits per heavy atom. The summed E-state index contributed by atoms with van der Waals surface area (Å²) in [6.07, 6.45) is 2.60. The second-order valence-electron chi connectivity index (χ2n) is 6.74. The average molecular weight is 510 g/mol. The third-order valence-corrected chi connectivity index (χ3v) is 5.12. The number of ether oxygens (including phenoxy) is 1. The smallest absolute Gasteiger partial charge is 0.387 e. The molecule has 0 unspecified atom stereocenters. The molecule has 0 aromatic heterocycles. The highest BCUT2D eigenvalue weighted by Crippen LogP contribution is 2.26. The molecule has 32 heavy (non-hydrogen) atoms. The lowest BCUT2D eigenvalue weighted by Gasteiger charge is -2.17. The predicted molar refractivity (Wildman–Crippen MR) is 125 cm³/mol. The largest absolute Gasteiger partial charge is 0.434 e. The summed E-state index contributed by atoms with van der Waals surface area (Å²) in [5, 5.41) is 5.53. The maximum absolute atomic E-state index is 12.5. The highest BCUT2D eigenvalue weighted by molar-refractivity contribution is 9.10. The molecule has 0 heterocycles. The molecule has 2 N–H and O–H groups in total. The molecule has 0 saturated heterocycles. The minimum Gasteiger partial charge on any atom is -0.434 e. The van der Waals surface area contributed by atoms with E-state index in [-0.39, 0.29) is 11.7 Å². The summed E-state index contributed by atoms with van der Waals surface area (Å²) < 4.78 is 30.2. The number of carbonyl (C=O) groups excluding carboxylic acids is 2. The van der Waals surface area contributed by atoms with E-state index >= 15 is 0 Å². The van der Waals surface area contributed by atoms with Gasteiger partial charge in [0.1, 0.15) is 5.75 Å². The zero-order valence-corrected chi connectivity index (χ0v) is 19.5. The monoisotopic (exact) mass is 509 g/mol. The highest BCUT2D eigenvalue weighted by Gasteiger charge is 2.10. The summed E-state index contributed by atoms with van der Waals surface area (Å²) >= 11 is 3.26. The number of amides is 2. The van der Waals surface area contributed by atoms with E-state index in [1.807, 2.05) is 0 Å². The summed E-state index contributed by atoms with van der Waals surface area (Å²) in [6.45, 7) is 4.36. The van der Waals surface area contributed by atoms with Crippen LogP contribution in [0.5, 0.6) is 5.75 Å². The Hall–Kier alpha value is -2.78. The van der Waals surface area contributed by atoms with Gasteiger partial charge in [0.25, 0.3) is 5.91 Å². The lowest BCUT2D eigenvalue weighted by Crippen LogP contribution is -2.34. The summed E-state index contributed by atoms with van der Waals surface area (Å²) in [5.74, 6) is -0.677. The van der Waals surface area contributed by atoms with Gasteiger partial charge in [0.2, 0.25) is 5.91 Å². The Morgan fingerprint density at radius 3 is 2.44 bits per heavy atom. The molecule has 0 spiro atoms. The van der Waals surface area contributed by atoms with Crippen molar-refractivity contribution < 1.29 is 23.1 Å². The highest BCUT2D eigenvalue weighted by atomic mass is 79.9. The quantitative estimate of drug-likeness (QED) is 0.428. The fourth-order valence-electron chi connectivity index (χ4n) is 2.88. The topological polar surface area (TPSA) is 70.7 Å². The summed E-state index contributed by atoms with van der Waals surface area (Å²) in [5.41, 5.74) is 1.31. The van der Waals surface area contributed by atoms with Gasteiger partial charge in [-0.05, 0) is 61.6 Å². The maximum atomic E-state index is 12.5. The van der Waals surface area contributed by atoms with Crippen LogP contribution in [0.2, 0.25) is 0 Å².